The fraction of sp³-hybridized carbons (Fsp3) is 0.500. The van der Waals surface area contributed by atoms with Crippen LogP contribution in [0.15, 0.2) is 24.3 Å². The zero-order valence-corrected chi connectivity index (χ0v) is 13.6. The Morgan fingerprint density at radius 3 is 2.45 bits per heavy atom. The van der Waals surface area contributed by atoms with Gasteiger partial charge in [-0.05, 0) is 50.0 Å². The van der Waals surface area contributed by atoms with Crippen LogP contribution in [-0.2, 0) is 16.0 Å². The molecule has 1 saturated heterocycles. The number of halogens is 1. The number of carbonyl (C=O) groups excluding carboxylic acids is 2. The molecule has 1 aromatic carbocycles. The Morgan fingerprint density at radius 2 is 1.86 bits per heavy atom. The van der Waals surface area contributed by atoms with E-state index in [1.54, 1.807) is 12.1 Å². The molecule has 1 amide bonds. The van der Waals surface area contributed by atoms with Gasteiger partial charge in [0.05, 0.1) is 12.7 Å². The molecule has 0 aliphatic carbocycles. The average Bonchev–Trinajstić information content (AvgIpc) is 2.55. The predicted octanol–water partition coefficient (Wildman–Crippen LogP) is 1.55. The fourth-order valence-electron chi connectivity index (χ4n) is 2.48. The van der Waals surface area contributed by atoms with Crippen LogP contribution in [0.3, 0.4) is 0 Å². The predicted molar refractivity (Wildman–Crippen MR) is 87.3 cm³/mol. The third-order valence-electron chi connectivity index (χ3n) is 3.80. The Balaban J connectivity index is 0.00000242. The molecule has 0 unspecified atom stereocenters. The second kappa shape index (κ2) is 9.43. The molecular formula is C16H23ClN2O3. The summed E-state index contributed by atoms with van der Waals surface area (Å²) < 4.78 is 4.65. The molecule has 122 valence electrons. The van der Waals surface area contributed by atoms with Crippen molar-refractivity contribution in [3.63, 3.8) is 0 Å². The number of amides is 1. The minimum Gasteiger partial charge on any atom is -0.465 e. The van der Waals surface area contributed by atoms with E-state index in [0.717, 1.165) is 37.9 Å². The lowest BCUT2D eigenvalue weighted by molar-refractivity contribution is -0.125. The van der Waals surface area contributed by atoms with E-state index in [-0.39, 0.29) is 30.2 Å². The average molecular weight is 327 g/mol. The molecule has 6 heteroatoms. The Kier molecular flexibility index (Phi) is 7.91. The summed E-state index contributed by atoms with van der Waals surface area (Å²) in [7, 11) is 1.37. The van der Waals surface area contributed by atoms with Gasteiger partial charge in [0.2, 0.25) is 5.91 Å². The summed E-state index contributed by atoms with van der Waals surface area (Å²) in [4.78, 5) is 23.3. The molecule has 1 aliphatic heterocycles. The van der Waals surface area contributed by atoms with Crippen LogP contribution in [0.1, 0.15) is 28.8 Å². The van der Waals surface area contributed by atoms with Crippen molar-refractivity contribution in [1.29, 1.82) is 0 Å². The zero-order chi connectivity index (χ0) is 15.1. The van der Waals surface area contributed by atoms with Gasteiger partial charge < -0.3 is 15.4 Å². The van der Waals surface area contributed by atoms with Gasteiger partial charge in [0.15, 0.2) is 0 Å². The van der Waals surface area contributed by atoms with Crippen LogP contribution in [-0.4, -0.2) is 38.6 Å². The zero-order valence-electron chi connectivity index (χ0n) is 12.8. The van der Waals surface area contributed by atoms with Crippen LogP contribution in [0.25, 0.3) is 0 Å². The number of ether oxygens (including phenoxy) is 1. The van der Waals surface area contributed by atoms with Crippen LogP contribution in [0, 0.1) is 5.92 Å². The fourth-order valence-corrected chi connectivity index (χ4v) is 2.48. The van der Waals surface area contributed by atoms with E-state index in [0.29, 0.717) is 12.1 Å². The van der Waals surface area contributed by atoms with Crippen molar-refractivity contribution in [2.75, 3.05) is 26.7 Å². The third kappa shape index (κ3) is 5.31. The molecule has 1 aliphatic rings. The van der Waals surface area contributed by atoms with Crippen molar-refractivity contribution in [2.24, 2.45) is 5.92 Å². The number of hydrogen-bond acceptors (Lipinski definition) is 4. The van der Waals surface area contributed by atoms with Gasteiger partial charge >= 0.3 is 5.97 Å². The SMILES string of the molecule is COC(=O)c1ccc(CCNC(=O)C2CCNCC2)cc1.Cl. The van der Waals surface area contributed by atoms with E-state index in [4.69, 9.17) is 0 Å². The number of rotatable bonds is 5. The quantitative estimate of drug-likeness (QED) is 0.806. The molecule has 0 saturated carbocycles. The number of methoxy groups -OCH3 is 1. The van der Waals surface area contributed by atoms with E-state index in [2.05, 4.69) is 15.4 Å². The Bertz CT molecular complexity index is 485. The topological polar surface area (TPSA) is 67.4 Å². The van der Waals surface area contributed by atoms with E-state index >= 15 is 0 Å². The van der Waals surface area contributed by atoms with Gasteiger partial charge in [0.25, 0.3) is 0 Å². The Labute approximate surface area is 137 Å². The largest absolute Gasteiger partial charge is 0.465 e. The van der Waals surface area contributed by atoms with Crippen molar-refractivity contribution in [2.45, 2.75) is 19.3 Å². The Hall–Kier alpha value is -1.59. The maximum absolute atomic E-state index is 12.0. The first-order valence-electron chi connectivity index (χ1n) is 7.36. The molecule has 1 fully saturated rings. The van der Waals surface area contributed by atoms with E-state index in [1.807, 2.05) is 12.1 Å². The van der Waals surface area contributed by atoms with Gasteiger partial charge in [-0.15, -0.1) is 12.4 Å². The van der Waals surface area contributed by atoms with Crippen LogP contribution >= 0.6 is 12.4 Å². The van der Waals surface area contributed by atoms with Crippen LogP contribution in [0.4, 0.5) is 0 Å². The van der Waals surface area contributed by atoms with Crippen molar-refractivity contribution >= 4 is 24.3 Å². The van der Waals surface area contributed by atoms with Crippen molar-refractivity contribution in [3.05, 3.63) is 35.4 Å². The summed E-state index contributed by atoms with van der Waals surface area (Å²) in [6, 6.07) is 7.28. The van der Waals surface area contributed by atoms with Crippen LogP contribution < -0.4 is 10.6 Å². The van der Waals surface area contributed by atoms with Crippen LogP contribution in [0.2, 0.25) is 0 Å². The third-order valence-corrected chi connectivity index (χ3v) is 3.80. The molecule has 1 aromatic rings. The first kappa shape index (κ1) is 18.5. The summed E-state index contributed by atoms with van der Waals surface area (Å²) in [6.07, 6.45) is 2.59. The van der Waals surface area contributed by atoms with Gasteiger partial charge in [-0.3, -0.25) is 4.79 Å². The first-order valence-corrected chi connectivity index (χ1v) is 7.36. The molecule has 5 nitrogen and oxygen atoms in total. The summed E-state index contributed by atoms with van der Waals surface area (Å²) >= 11 is 0. The molecule has 22 heavy (non-hydrogen) atoms. The Morgan fingerprint density at radius 1 is 1.23 bits per heavy atom. The normalized spacial score (nSPS) is 14.8. The number of piperidine rings is 1. The molecule has 0 spiro atoms. The number of benzene rings is 1. The summed E-state index contributed by atoms with van der Waals surface area (Å²) in [5.41, 5.74) is 1.63. The molecule has 0 bridgehead atoms. The number of esters is 1. The second-order valence-electron chi connectivity index (χ2n) is 5.25. The monoisotopic (exact) mass is 326 g/mol. The lowest BCUT2D eigenvalue weighted by Crippen LogP contribution is -2.38. The van der Waals surface area contributed by atoms with E-state index in [1.165, 1.54) is 7.11 Å². The number of hydrogen-bond donors (Lipinski definition) is 2. The molecular weight excluding hydrogens is 304 g/mol. The van der Waals surface area contributed by atoms with Gasteiger partial charge in [-0.1, -0.05) is 12.1 Å². The highest BCUT2D eigenvalue weighted by atomic mass is 35.5. The van der Waals surface area contributed by atoms with Gasteiger partial charge in [-0.2, -0.15) is 0 Å². The first-order chi connectivity index (χ1) is 10.2. The summed E-state index contributed by atoms with van der Waals surface area (Å²) in [6.45, 7) is 2.47. The lowest BCUT2D eigenvalue weighted by atomic mass is 9.97. The summed E-state index contributed by atoms with van der Waals surface area (Å²) in [5, 5.41) is 6.24. The van der Waals surface area contributed by atoms with Crippen molar-refractivity contribution in [3.8, 4) is 0 Å². The standard InChI is InChI=1S/C16H22N2O3.ClH/c1-21-16(20)14-4-2-12(3-5-14)6-11-18-15(19)13-7-9-17-10-8-13;/h2-5,13,17H,6-11H2,1H3,(H,18,19);1H. The minimum absolute atomic E-state index is 0. The molecule has 1 heterocycles. The highest BCUT2D eigenvalue weighted by Gasteiger charge is 2.20. The highest BCUT2D eigenvalue weighted by molar-refractivity contribution is 5.89. The van der Waals surface area contributed by atoms with Gasteiger partial charge in [0, 0.05) is 12.5 Å². The maximum atomic E-state index is 12.0. The molecule has 2 rings (SSSR count). The lowest BCUT2D eigenvalue weighted by Gasteiger charge is -2.21. The van der Waals surface area contributed by atoms with Crippen LogP contribution in [0.5, 0.6) is 0 Å². The second-order valence-corrected chi connectivity index (χ2v) is 5.25. The van der Waals surface area contributed by atoms with Gasteiger partial charge in [-0.25, -0.2) is 4.79 Å². The van der Waals surface area contributed by atoms with E-state index < -0.39 is 0 Å². The van der Waals surface area contributed by atoms with Crippen molar-refractivity contribution in [1.82, 2.24) is 10.6 Å². The van der Waals surface area contributed by atoms with Gasteiger partial charge in [0.1, 0.15) is 0 Å². The molecule has 0 aromatic heterocycles. The number of carbonyl (C=O) groups is 2. The maximum Gasteiger partial charge on any atom is 0.337 e. The number of nitrogens with one attached hydrogen (secondary N) is 2. The van der Waals surface area contributed by atoms with E-state index in [9.17, 15) is 9.59 Å². The highest BCUT2D eigenvalue weighted by Crippen LogP contribution is 2.11. The minimum atomic E-state index is -0.333. The summed E-state index contributed by atoms with van der Waals surface area (Å²) in [5.74, 6) is -0.0311. The molecule has 0 atom stereocenters. The molecule has 2 N–H and O–H groups in total. The van der Waals surface area contributed by atoms with Crippen molar-refractivity contribution < 1.29 is 14.3 Å². The smallest absolute Gasteiger partial charge is 0.337 e. The molecule has 0 radical (unpaired) electrons.